The predicted octanol–water partition coefficient (Wildman–Crippen LogP) is -6.68. The van der Waals surface area contributed by atoms with Gasteiger partial charge in [-0.15, -0.1) is 0 Å². The molecule has 0 aromatic rings. The highest BCUT2D eigenvalue weighted by molar-refractivity contribution is 5.82. The number of carbonyl (C=O) groups excluding carboxylic acids is 2. The van der Waals surface area contributed by atoms with Crippen LogP contribution in [0, 0.1) is 11.8 Å². The number of hydrogen-bond acceptors (Lipinski definition) is 2. The lowest BCUT2D eigenvalue weighted by atomic mass is 9.93. The first-order chi connectivity index (χ1) is 10.4. The van der Waals surface area contributed by atoms with Gasteiger partial charge < -0.3 is 43.8 Å². The molecule has 2 saturated heterocycles. The normalized spacial score (nSPS) is 37.0. The van der Waals surface area contributed by atoms with Crippen LogP contribution in [0.3, 0.4) is 0 Å². The van der Waals surface area contributed by atoms with Crippen LogP contribution in [0.1, 0.15) is 40.5 Å². The molecule has 6 atom stereocenters. The van der Waals surface area contributed by atoms with Crippen LogP contribution in [0.25, 0.3) is 0 Å². The van der Waals surface area contributed by atoms with Crippen LogP contribution in [0.4, 0.5) is 0 Å². The molecular formula is C18H32Br2N2O2. The van der Waals surface area contributed by atoms with Crippen LogP contribution < -0.4 is 43.8 Å². The number of rotatable bonds is 4. The van der Waals surface area contributed by atoms with Crippen molar-refractivity contribution in [3.05, 3.63) is 12.2 Å². The molecule has 0 radical (unpaired) electrons. The van der Waals surface area contributed by atoms with Crippen molar-refractivity contribution in [3.8, 4) is 0 Å². The van der Waals surface area contributed by atoms with Crippen LogP contribution in [0.5, 0.6) is 0 Å². The predicted molar refractivity (Wildman–Crippen MR) is 87.0 cm³/mol. The van der Waals surface area contributed by atoms with E-state index in [2.05, 4.69) is 39.8 Å². The van der Waals surface area contributed by atoms with E-state index in [4.69, 9.17) is 0 Å². The molecule has 2 fully saturated rings. The lowest BCUT2D eigenvalue weighted by Gasteiger charge is -2.33. The molecule has 0 saturated carbocycles. The molecule has 4 nitrogen and oxygen atoms in total. The van der Waals surface area contributed by atoms with E-state index < -0.39 is 0 Å². The molecule has 0 aliphatic carbocycles. The first kappa shape index (κ1) is 24.0. The van der Waals surface area contributed by atoms with Gasteiger partial charge in [0.05, 0.1) is 62.9 Å². The Balaban J connectivity index is 0.00000264. The molecule has 24 heavy (non-hydrogen) atoms. The van der Waals surface area contributed by atoms with Crippen LogP contribution in [0.2, 0.25) is 0 Å². The number of Topliss-reactive ketones (excluding diaryl/α,β-unsaturated/α-hetero) is 2. The monoisotopic (exact) mass is 466 g/mol. The lowest BCUT2D eigenvalue weighted by Crippen LogP contribution is -3.17. The molecule has 0 aromatic heterocycles. The standard InChI is InChI=1S/C18H30N2O2.2BrH/c1-13-11-19(15(3)9-17(13)21)7-5-6-8-20-12-14(2)18(22)10-16(20)4;;/h5-6,13-16H,7-12H2,1-4H3;2*1H. The highest BCUT2D eigenvalue weighted by Gasteiger charge is 2.32. The first-order valence-electron chi connectivity index (χ1n) is 8.78. The summed E-state index contributed by atoms with van der Waals surface area (Å²) in [6.07, 6.45) is 5.99. The molecule has 0 spiro atoms. The quantitative estimate of drug-likeness (QED) is 0.404. The summed E-state index contributed by atoms with van der Waals surface area (Å²) < 4.78 is 0. The van der Waals surface area contributed by atoms with Crippen LogP contribution >= 0.6 is 0 Å². The fraction of sp³-hybridized carbons (Fsp3) is 0.778. The molecule has 0 aromatic carbocycles. The summed E-state index contributed by atoms with van der Waals surface area (Å²) in [5.74, 6) is 1.26. The van der Waals surface area contributed by atoms with Crippen molar-refractivity contribution in [1.29, 1.82) is 0 Å². The molecular weight excluding hydrogens is 436 g/mol. The Labute approximate surface area is 167 Å². The van der Waals surface area contributed by atoms with Crippen molar-refractivity contribution in [1.82, 2.24) is 0 Å². The van der Waals surface area contributed by atoms with Crippen molar-refractivity contribution in [2.24, 2.45) is 11.8 Å². The Hall–Kier alpha value is -0.0400. The summed E-state index contributed by atoms with van der Waals surface area (Å²) in [4.78, 5) is 26.5. The third kappa shape index (κ3) is 6.36. The first-order valence-corrected chi connectivity index (χ1v) is 8.78. The van der Waals surface area contributed by atoms with Gasteiger partial charge >= 0.3 is 0 Å². The molecule has 2 rings (SSSR count). The van der Waals surface area contributed by atoms with Gasteiger partial charge in [0, 0.05) is 0 Å². The average Bonchev–Trinajstić information content (AvgIpc) is 2.45. The number of halogens is 2. The van der Waals surface area contributed by atoms with Crippen LogP contribution in [-0.4, -0.2) is 49.8 Å². The summed E-state index contributed by atoms with van der Waals surface area (Å²) in [7, 11) is 0. The summed E-state index contributed by atoms with van der Waals surface area (Å²) in [5.41, 5.74) is 0. The summed E-state index contributed by atoms with van der Waals surface area (Å²) in [6, 6.07) is 0.875. The van der Waals surface area contributed by atoms with E-state index in [1.54, 1.807) is 0 Å². The largest absolute Gasteiger partial charge is 1.00 e. The molecule has 0 bridgehead atoms. The number of likely N-dealkylation sites (tertiary alicyclic amines) is 2. The van der Waals surface area contributed by atoms with Gasteiger partial charge in [-0.05, 0) is 26.0 Å². The zero-order valence-electron chi connectivity index (χ0n) is 15.3. The van der Waals surface area contributed by atoms with E-state index in [1.165, 1.54) is 9.80 Å². The van der Waals surface area contributed by atoms with Gasteiger partial charge in [0.15, 0.2) is 0 Å². The SMILES string of the molecule is CC1C[NH+](CC=CC[NH+]2CC(C)C(=O)CC2C)C(C)CC1=O.[Br-].[Br-]. The maximum Gasteiger partial charge on any atom is 0.147 e. The Morgan fingerprint density at radius 1 is 0.792 bits per heavy atom. The minimum absolute atomic E-state index is 0. The Morgan fingerprint density at radius 2 is 1.12 bits per heavy atom. The fourth-order valence-electron chi connectivity index (χ4n) is 3.75. The van der Waals surface area contributed by atoms with Crippen molar-refractivity contribution in [2.75, 3.05) is 26.2 Å². The second kappa shape index (κ2) is 10.8. The van der Waals surface area contributed by atoms with Gasteiger partial charge in [0.25, 0.3) is 0 Å². The number of quaternary nitrogens is 2. The maximum atomic E-state index is 11.7. The van der Waals surface area contributed by atoms with E-state index in [0.29, 0.717) is 23.7 Å². The molecule has 0 amide bonds. The highest BCUT2D eigenvalue weighted by Crippen LogP contribution is 2.06. The minimum Gasteiger partial charge on any atom is -1.00 e. The van der Waals surface area contributed by atoms with Crippen molar-refractivity contribution in [2.45, 2.75) is 52.6 Å². The summed E-state index contributed by atoms with van der Waals surface area (Å²) in [6.45, 7) is 12.4. The minimum atomic E-state index is 0. The molecule has 2 aliphatic heterocycles. The molecule has 6 unspecified atom stereocenters. The van der Waals surface area contributed by atoms with Crippen molar-refractivity contribution < 1.29 is 53.4 Å². The Kier molecular flexibility index (Phi) is 10.8. The van der Waals surface area contributed by atoms with E-state index in [-0.39, 0.29) is 45.8 Å². The van der Waals surface area contributed by atoms with Crippen LogP contribution in [0.15, 0.2) is 12.2 Å². The summed E-state index contributed by atoms with van der Waals surface area (Å²) in [5, 5.41) is 0. The maximum absolute atomic E-state index is 11.7. The zero-order valence-corrected chi connectivity index (χ0v) is 18.5. The molecule has 6 heteroatoms. The average molecular weight is 468 g/mol. The van der Waals surface area contributed by atoms with Gasteiger partial charge in [0.1, 0.15) is 11.6 Å². The van der Waals surface area contributed by atoms with E-state index >= 15 is 0 Å². The third-order valence-corrected chi connectivity index (χ3v) is 5.57. The second-order valence-corrected chi connectivity index (χ2v) is 7.55. The fourth-order valence-corrected chi connectivity index (χ4v) is 3.75. The van der Waals surface area contributed by atoms with Crippen molar-refractivity contribution >= 4 is 11.6 Å². The van der Waals surface area contributed by atoms with E-state index in [1.807, 2.05) is 0 Å². The Bertz CT molecular complexity index is 416. The summed E-state index contributed by atoms with van der Waals surface area (Å²) >= 11 is 0. The van der Waals surface area contributed by atoms with Crippen LogP contribution in [-0.2, 0) is 9.59 Å². The van der Waals surface area contributed by atoms with Gasteiger partial charge in [-0.1, -0.05) is 13.8 Å². The molecule has 2 N–H and O–H groups in total. The smallest absolute Gasteiger partial charge is 0.147 e. The molecule has 140 valence electrons. The third-order valence-electron chi connectivity index (χ3n) is 5.57. The number of hydrogen-bond donors (Lipinski definition) is 2. The molecule has 2 aliphatic rings. The highest BCUT2D eigenvalue weighted by atomic mass is 79.9. The number of piperidine rings is 2. The van der Waals surface area contributed by atoms with Crippen molar-refractivity contribution in [3.63, 3.8) is 0 Å². The molecule has 2 heterocycles. The lowest BCUT2D eigenvalue weighted by molar-refractivity contribution is -0.924. The topological polar surface area (TPSA) is 43.0 Å². The van der Waals surface area contributed by atoms with Gasteiger partial charge in [-0.2, -0.15) is 0 Å². The number of ketones is 2. The van der Waals surface area contributed by atoms with Gasteiger partial charge in [-0.25, -0.2) is 0 Å². The Morgan fingerprint density at radius 3 is 1.46 bits per heavy atom. The van der Waals surface area contributed by atoms with Gasteiger partial charge in [-0.3, -0.25) is 9.59 Å². The van der Waals surface area contributed by atoms with Gasteiger partial charge in [0.2, 0.25) is 0 Å². The second-order valence-electron chi connectivity index (χ2n) is 7.55. The zero-order chi connectivity index (χ0) is 16.3. The number of carbonyl (C=O) groups is 2. The number of nitrogens with one attached hydrogen (secondary N) is 2. The van der Waals surface area contributed by atoms with E-state index in [9.17, 15) is 9.59 Å². The van der Waals surface area contributed by atoms with E-state index in [0.717, 1.165) is 39.0 Å².